The second-order valence-corrected chi connectivity index (χ2v) is 4.71. The number of nitrogens with zero attached hydrogens (tertiary/aromatic N) is 2. The Morgan fingerprint density at radius 1 is 1.61 bits per heavy atom. The maximum absolute atomic E-state index is 11.8. The molecule has 1 aliphatic rings. The van der Waals surface area contributed by atoms with Crippen LogP contribution in [0.3, 0.4) is 0 Å². The van der Waals surface area contributed by atoms with Gasteiger partial charge in [-0.3, -0.25) is 9.59 Å². The lowest BCUT2D eigenvalue weighted by Crippen LogP contribution is -2.58. The Morgan fingerprint density at radius 3 is 2.83 bits per heavy atom. The Labute approximate surface area is 105 Å². The standard InChI is InChI=1S/C11H17N3O4/c1-11(2)7-14(5-8(6-15)18-11)10(17)9(16)13-4-3-12/h8,15H,4-7H2,1-2H3,(H,13,16). The number of hydrogen-bond donors (Lipinski definition) is 2. The molecule has 0 aromatic rings. The number of hydrogen-bond acceptors (Lipinski definition) is 5. The highest BCUT2D eigenvalue weighted by molar-refractivity contribution is 6.35. The van der Waals surface area contributed by atoms with E-state index in [9.17, 15) is 9.59 Å². The zero-order valence-corrected chi connectivity index (χ0v) is 10.5. The predicted octanol–water partition coefficient (Wildman–Crippen LogP) is -1.38. The van der Waals surface area contributed by atoms with E-state index in [4.69, 9.17) is 15.1 Å². The smallest absolute Gasteiger partial charge is 0.312 e. The second-order valence-electron chi connectivity index (χ2n) is 4.71. The molecule has 7 nitrogen and oxygen atoms in total. The minimum atomic E-state index is -0.814. The van der Waals surface area contributed by atoms with Crippen molar-refractivity contribution in [1.82, 2.24) is 10.2 Å². The summed E-state index contributed by atoms with van der Waals surface area (Å²) in [6, 6.07) is 1.73. The Hall–Kier alpha value is -1.65. The zero-order valence-electron chi connectivity index (χ0n) is 10.5. The molecule has 1 rings (SSSR count). The summed E-state index contributed by atoms with van der Waals surface area (Å²) in [5.41, 5.74) is -0.614. The Bertz CT molecular complexity index is 375. The van der Waals surface area contributed by atoms with Gasteiger partial charge in [-0.2, -0.15) is 5.26 Å². The number of rotatable bonds is 2. The molecule has 7 heteroatoms. The fraction of sp³-hybridized carbons (Fsp3) is 0.727. The minimum absolute atomic E-state index is 0.165. The van der Waals surface area contributed by atoms with Gasteiger partial charge in [-0.15, -0.1) is 0 Å². The van der Waals surface area contributed by atoms with E-state index in [0.717, 1.165) is 0 Å². The normalized spacial score (nSPS) is 22.1. The number of aliphatic hydroxyl groups excluding tert-OH is 1. The van der Waals surface area contributed by atoms with E-state index < -0.39 is 23.5 Å². The fourth-order valence-electron chi connectivity index (χ4n) is 1.88. The lowest BCUT2D eigenvalue weighted by Gasteiger charge is -2.41. The van der Waals surface area contributed by atoms with Gasteiger partial charge in [-0.05, 0) is 13.8 Å². The molecule has 1 atom stereocenters. The molecule has 1 unspecified atom stereocenters. The van der Waals surface area contributed by atoms with Crippen LogP contribution >= 0.6 is 0 Å². The third-order valence-corrected chi connectivity index (χ3v) is 2.49. The number of carbonyl (C=O) groups is 2. The van der Waals surface area contributed by atoms with Crippen LogP contribution in [-0.4, -0.2) is 59.8 Å². The quantitative estimate of drug-likeness (QED) is 0.468. The lowest BCUT2D eigenvalue weighted by atomic mass is 10.1. The molecule has 100 valence electrons. The highest BCUT2D eigenvalue weighted by Gasteiger charge is 2.37. The molecule has 0 bridgehead atoms. The van der Waals surface area contributed by atoms with Crippen molar-refractivity contribution in [1.29, 1.82) is 5.26 Å². The van der Waals surface area contributed by atoms with Crippen molar-refractivity contribution in [3.05, 3.63) is 0 Å². The number of aliphatic hydroxyl groups is 1. The Morgan fingerprint density at radius 2 is 2.28 bits per heavy atom. The summed E-state index contributed by atoms with van der Waals surface area (Å²) in [7, 11) is 0. The Kier molecular flexibility index (Phi) is 4.64. The van der Waals surface area contributed by atoms with Crippen LogP contribution in [0.2, 0.25) is 0 Å². The maximum atomic E-state index is 11.8. The molecule has 0 aromatic heterocycles. The van der Waals surface area contributed by atoms with Gasteiger partial charge in [0.1, 0.15) is 6.54 Å². The van der Waals surface area contributed by atoms with Crippen molar-refractivity contribution < 1.29 is 19.4 Å². The summed E-state index contributed by atoms with van der Waals surface area (Å²) in [6.45, 7) is 3.57. The van der Waals surface area contributed by atoms with E-state index in [1.54, 1.807) is 19.9 Å². The van der Waals surface area contributed by atoms with E-state index >= 15 is 0 Å². The summed E-state index contributed by atoms with van der Waals surface area (Å²) in [5, 5.41) is 19.6. The first-order valence-electron chi connectivity index (χ1n) is 5.62. The fourth-order valence-corrected chi connectivity index (χ4v) is 1.88. The molecular weight excluding hydrogens is 238 g/mol. The predicted molar refractivity (Wildman–Crippen MR) is 61.2 cm³/mol. The highest BCUT2D eigenvalue weighted by atomic mass is 16.5. The van der Waals surface area contributed by atoms with Crippen molar-refractivity contribution in [2.75, 3.05) is 26.2 Å². The first-order valence-corrected chi connectivity index (χ1v) is 5.62. The average molecular weight is 255 g/mol. The van der Waals surface area contributed by atoms with Crippen LogP contribution in [0.5, 0.6) is 0 Å². The van der Waals surface area contributed by atoms with Crippen LogP contribution in [0.1, 0.15) is 13.8 Å². The van der Waals surface area contributed by atoms with Gasteiger partial charge in [-0.1, -0.05) is 0 Å². The molecule has 0 spiro atoms. The SMILES string of the molecule is CC1(C)CN(C(=O)C(=O)NCC#N)CC(CO)O1. The second kappa shape index (κ2) is 5.80. The highest BCUT2D eigenvalue weighted by Crippen LogP contribution is 2.20. The molecule has 2 amide bonds. The van der Waals surface area contributed by atoms with Crippen LogP contribution in [0.25, 0.3) is 0 Å². The first kappa shape index (κ1) is 14.4. The number of nitriles is 1. The van der Waals surface area contributed by atoms with E-state index in [1.807, 2.05) is 0 Å². The van der Waals surface area contributed by atoms with E-state index in [1.165, 1.54) is 4.90 Å². The van der Waals surface area contributed by atoms with Gasteiger partial charge < -0.3 is 20.1 Å². The van der Waals surface area contributed by atoms with E-state index in [0.29, 0.717) is 0 Å². The molecule has 0 radical (unpaired) electrons. The van der Waals surface area contributed by atoms with Crippen molar-refractivity contribution in [3.63, 3.8) is 0 Å². The summed E-state index contributed by atoms with van der Waals surface area (Å²) in [5.74, 6) is -1.52. The van der Waals surface area contributed by atoms with Gasteiger partial charge in [0.25, 0.3) is 0 Å². The third kappa shape index (κ3) is 3.68. The maximum Gasteiger partial charge on any atom is 0.312 e. The van der Waals surface area contributed by atoms with E-state index in [-0.39, 0.29) is 26.2 Å². The number of carbonyl (C=O) groups excluding carboxylic acids is 2. The van der Waals surface area contributed by atoms with Crippen LogP contribution in [0.15, 0.2) is 0 Å². The van der Waals surface area contributed by atoms with Gasteiger partial charge in [0.15, 0.2) is 0 Å². The molecule has 1 aliphatic heterocycles. The van der Waals surface area contributed by atoms with Crippen LogP contribution in [0, 0.1) is 11.3 Å². The molecule has 1 saturated heterocycles. The lowest BCUT2D eigenvalue weighted by molar-refractivity contribution is -0.170. The number of nitrogens with one attached hydrogen (secondary N) is 1. The molecule has 0 aliphatic carbocycles. The van der Waals surface area contributed by atoms with Gasteiger partial charge in [0.2, 0.25) is 0 Å². The molecule has 18 heavy (non-hydrogen) atoms. The molecular formula is C11H17N3O4. The average Bonchev–Trinajstić information content (AvgIpc) is 2.32. The number of morpholine rings is 1. The van der Waals surface area contributed by atoms with Gasteiger partial charge in [0.05, 0.1) is 24.4 Å². The van der Waals surface area contributed by atoms with Crippen LogP contribution < -0.4 is 5.32 Å². The van der Waals surface area contributed by atoms with E-state index in [2.05, 4.69) is 5.32 Å². The van der Waals surface area contributed by atoms with Crippen LogP contribution in [-0.2, 0) is 14.3 Å². The van der Waals surface area contributed by atoms with Crippen molar-refractivity contribution in [3.8, 4) is 6.07 Å². The Balaban J connectivity index is 2.67. The molecule has 2 N–H and O–H groups in total. The van der Waals surface area contributed by atoms with Gasteiger partial charge in [0, 0.05) is 13.1 Å². The molecule has 1 heterocycles. The van der Waals surface area contributed by atoms with Crippen molar-refractivity contribution >= 4 is 11.8 Å². The zero-order chi connectivity index (χ0) is 13.8. The number of ether oxygens (including phenoxy) is 1. The largest absolute Gasteiger partial charge is 0.394 e. The summed E-state index contributed by atoms with van der Waals surface area (Å²) in [4.78, 5) is 24.6. The minimum Gasteiger partial charge on any atom is -0.394 e. The van der Waals surface area contributed by atoms with Crippen molar-refractivity contribution in [2.45, 2.75) is 25.6 Å². The molecule has 1 fully saturated rings. The summed E-state index contributed by atoms with van der Waals surface area (Å²) in [6.07, 6.45) is -0.499. The number of amides is 2. The van der Waals surface area contributed by atoms with Crippen LogP contribution in [0.4, 0.5) is 0 Å². The molecule has 0 saturated carbocycles. The topological polar surface area (TPSA) is 103 Å². The molecule has 0 aromatic carbocycles. The van der Waals surface area contributed by atoms with Gasteiger partial charge >= 0.3 is 11.8 Å². The first-order chi connectivity index (χ1) is 8.39. The third-order valence-electron chi connectivity index (χ3n) is 2.49. The summed E-state index contributed by atoms with van der Waals surface area (Å²) < 4.78 is 5.54. The van der Waals surface area contributed by atoms with Gasteiger partial charge in [-0.25, -0.2) is 0 Å². The summed E-state index contributed by atoms with van der Waals surface area (Å²) >= 11 is 0. The monoisotopic (exact) mass is 255 g/mol. The van der Waals surface area contributed by atoms with Crippen molar-refractivity contribution in [2.24, 2.45) is 0 Å².